The second kappa shape index (κ2) is 6.86. The average molecular weight is 324 g/mol. The molecule has 1 aromatic carbocycles. The van der Waals surface area contributed by atoms with Crippen LogP contribution in [0.5, 0.6) is 0 Å². The van der Waals surface area contributed by atoms with Crippen molar-refractivity contribution in [3.05, 3.63) is 42.5 Å². The standard InChI is InChI=1S/C16H16N6O2/c1-3-24-16(23)11(2)17-18-13-9-10-14-19-20-15(22(14)21-13)12-7-5-4-6-8-12/h4-10H,3H2,1-2H3,(H,18,21)/b17-11-. The van der Waals surface area contributed by atoms with Crippen LogP contribution in [0.4, 0.5) is 5.82 Å². The summed E-state index contributed by atoms with van der Waals surface area (Å²) in [6.07, 6.45) is 0. The van der Waals surface area contributed by atoms with Gasteiger partial charge in [-0.05, 0) is 26.0 Å². The first-order valence-corrected chi connectivity index (χ1v) is 7.44. The van der Waals surface area contributed by atoms with E-state index in [2.05, 4.69) is 25.8 Å². The van der Waals surface area contributed by atoms with Crippen LogP contribution in [0, 0.1) is 0 Å². The molecular formula is C16H16N6O2. The molecule has 0 atom stereocenters. The lowest BCUT2D eigenvalue weighted by atomic mass is 10.2. The van der Waals surface area contributed by atoms with Gasteiger partial charge in [-0.15, -0.1) is 15.3 Å². The van der Waals surface area contributed by atoms with Crippen molar-refractivity contribution in [3.8, 4) is 11.4 Å². The third-order valence-electron chi connectivity index (χ3n) is 3.20. The van der Waals surface area contributed by atoms with Crippen LogP contribution in [0.15, 0.2) is 47.6 Å². The molecule has 0 amide bonds. The van der Waals surface area contributed by atoms with Gasteiger partial charge in [-0.1, -0.05) is 30.3 Å². The molecule has 0 fully saturated rings. The number of fused-ring (bicyclic) bond motifs is 1. The van der Waals surface area contributed by atoms with Crippen LogP contribution in [0.25, 0.3) is 17.0 Å². The number of rotatable bonds is 5. The molecule has 0 bridgehead atoms. The number of nitrogens with one attached hydrogen (secondary N) is 1. The maximum Gasteiger partial charge on any atom is 0.354 e. The molecule has 0 aliphatic carbocycles. The lowest BCUT2D eigenvalue weighted by molar-refractivity contribution is -0.135. The maximum absolute atomic E-state index is 11.5. The van der Waals surface area contributed by atoms with Crippen LogP contribution < -0.4 is 5.43 Å². The van der Waals surface area contributed by atoms with Crippen LogP contribution >= 0.6 is 0 Å². The predicted octanol–water partition coefficient (Wildman–Crippen LogP) is 2.14. The predicted molar refractivity (Wildman–Crippen MR) is 89.6 cm³/mol. The summed E-state index contributed by atoms with van der Waals surface area (Å²) < 4.78 is 6.49. The Labute approximate surface area is 138 Å². The molecule has 0 unspecified atom stereocenters. The molecule has 2 heterocycles. The van der Waals surface area contributed by atoms with Crippen LogP contribution in [0.3, 0.4) is 0 Å². The summed E-state index contributed by atoms with van der Waals surface area (Å²) in [5, 5.41) is 16.7. The molecule has 0 saturated heterocycles. The summed E-state index contributed by atoms with van der Waals surface area (Å²) in [7, 11) is 0. The number of ether oxygens (including phenoxy) is 1. The van der Waals surface area contributed by atoms with Gasteiger partial charge in [0.2, 0.25) is 0 Å². The highest BCUT2D eigenvalue weighted by molar-refractivity contribution is 6.35. The van der Waals surface area contributed by atoms with Crippen molar-refractivity contribution in [2.24, 2.45) is 5.10 Å². The fourth-order valence-corrected chi connectivity index (χ4v) is 2.04. The molecule has 3 aromatic rings. The molecule has 0 saturated carbocycles. The van der Waals surface area contributed by atoms with Gasteiger partial charge in [-0.3, -0.25) is 5.43 Å². The third kappa shape index (κ3) is 3.22. The van der Waals surface area contributed by atoms with Gasteiger partial charge >= 0.3 is 5.97 Å². The molecular weight excluding hydrogens is 308 g/mol. The van der Waals surface area contributed by atoms with E-state index in [0.717, 1.165) is 5.56 Å². The zero-order chi connectivity index (χ0) is 16.9. The normalized spacial score (nSPS) is 11.5. The molecule has 8 heteroatoms. The monoisotopic (exact) mass is 324 g/mol. The molecule has 0 aliphatic rings. The number of esters is 1. The van der Waals surface area contributed by atoms with Gasteiger partial charge in [0, 0.05) is 5.56 Å². The van der Waals surface area contributed by atoms with Gasteiger partial charge < -0.3 is 4.74 Å². The second-order valence-corrected chi connectivity index (χ2v) is 4.91. The Morgan fingerprint density at radius 1 is 1.21 bits per heavy atom. The summed E-state index contributed by atoms with van der Waals surface area (Å²) in [4.78, 5) is 11.5. The summed E-state index contributed by atoms with van der Waals surface area (Å²) in [5.41, 5.74) is 4.48. The van der Waals surface area contributed by atoms with Gasteiger partial charge in [-0.25, -0.2) is 4.79 Å². The van der Waals surface area contributed by atoms with Gasteiger partial charge in [0.15, 0.2) is 17.3 Å². The number of carbonyl (C=O) groups excluding carboxylic acids is 1. The SMILES string of the molecule is CCOC(=O)/C(C)=N\Nc1ccc2nnc(-c3ccccc3)n2n1. The molecule has 122 valence electrons. The number of anilines is 1. The molecule has 0 spiro atoms. The summed E-state index contributed by atoms with van der Waals surface area (Å²) in [5.74, 6) is 0.615. The molecule has 0 radical (unpaired) electrons. The largest absolute Gasteiger partial charge is 0.461 e. The van der Waals surface area contributed by atoms with Crippen molar-refractivity contribution in [1.29, 1.82) is 0 Å². The molecule has 0 aliphatic heterocycles. The summed E-state index contributed by atoms with van der Waals surface area (Å²) >= 11 is 0. The van der Waals surface area contributed by atoms with E-state index < -0.39 is 5.97 Å². The Morgan fingerprint density at radius 2 is 2.00 bits per heavy atom. The number of benzene rings is 1. The van der Waals surface area contributed by atoms with Gasteiger partial charge in [0.1, 0.15) is 5.71 Å². The van der Waals surface area contributed by atoms with Crippen molar-refractivity contribution in [1.82, 2.24) is 19.8 Å². The van der Waals surface area contributed by atoms with E-state index in [9.17, 15) is 4.79 Å². The maximum atomic E-state index is 11.5. The topological polar surface area (TPSA) is 93.8 Å². The van der Waals surface area contributed by atoms with Crippen molar-refractivity contribution < 1.29 is 9.53 Å². The Hall–Kier alpha value is -3.29. The fraction of sp³-hybridized carbons (Fsp3) is 0.188. The average Bonchev–Trinajstić information content (AvgIpc) is 3.03. The number of hydrazone groups is 1. The first-order valence-electron chi connectivity index (χ1n) is 7.44. The Bertz CT molecular complexity index is 888. The number of hydrogen-bond acceptors (Lipinski definition) is 7. The highest BCUT2D eigenvalue weighted by Crippen LogP contribution is 2.17. The van der Waals surface area contributed by atoms with Gasteiger partial charge in [-0.2, -0.15) is 9.62 Å². The van der Waals surface area contributed by atoms with Crippen molar-refractivity contribution in [2.75, 3.05) is 12.0 Å². The van der Waals surface area contributed by atoms with E-state index in [1.807, 2.05) is 30.3 Å². The highest BCUT2D eigenvalue weighted by Gasteiger charge is 2.10. The van der Waals surface area contributed by atoms with E-state index in [-0.39, 0.29) is 5.71 Å². The zero-order valence-electron chi connectivity index (χ0n) is 13.3. The van der Waals surface area contributed by atoms with Crippen LogP contribution in [0.2, 0.25) is 0 Å². The minimum absolute atomic E-state index is 0.214. The van der Waals surface area contributed by atoms with E-state index in [1.54, 1.807) is 30.5 Å². The summed E-state index contributed by atoms with van der Waals surface area (Å²) in [6.45, 7) is 3.61. The smallest absolute Gasteiger partial charge is 0.354 e. The van der Waals surface area contributed by atoms with Gasteiger partial charge in [0.25, 0.3) is 0 Å². The molecule has 24 heavy (non-hydrogen) atoms. The molecule has 2 aromatic heterocycles. The third-order valence-corrected chi connectivity index (χ3v) is 3.20. The second-order valence-electron chi connectivity index (χ2n) is 4.91. The first-order chi connectivity index (χ1) is 11.7. The highest BCUT2D eigenvalue weighted by atomic mass is 16.5. The van der Waals surface area contributed by atoms with Crippen LogP contribution in [-0.2, 0) is 9.53 Å². The fourth-order valence-electron chi connectivity index (χ4n) is 2.04. The van der Waals surface area contributed by atoms with Crippen LogP contribution in [-0.4, -0.2) is 38.1 Å². The quantitative estimate of drug-likeness (QED) is 0.439. The van der Waals surface area contributed by atoms with Crippen molar-refractivity contribution >= 4 is 23.1 Å². The van der Waals surface area contributed by atoms with E-state index in [0.29, 0.717) is 23.9 Å². The number of carbonyl (C=O) groups is 1. The first kappa shape index (κ1) is 15.6. The van der Waals surface area contributed by atoms with Gasteiger partial charge in [0.05, 0.1) is 6.61 Å². The number of aromatic nitrogens is 4. The molecule has 3 rings (SSSR count). The lowest BCUT2D eigenvalue weighted by Crippen LogP contribution is -2.15. The number of nitrogens with zero attached hydrogens (tertiary/aromatic N) is 5. The Morgan fingerprint density at radius 3 is 2.75 bits per heavy atom. The molecule has 8 nitrogen and oxygen atoms in total. The van der Waals surface area contributed by atoms with Crippen molar-refractivity contribution in [3.63, 3.8) is 0 Å². The van der Waals surface area contributed by atoms with E-state index in [4.69, 9.17) is 4.74 Å². The summed E-state index contributed by atoms with van der Waals surface area (Å²) in [6, 6.07) is 13.1. The van der Waals surface area contributed by atoms with Crippen molar-refractivity contribution in [2.45, 2.75) is 13.8 Å². The lowest BCUT2D eigenvalue weighted by Gasteiger charge is -2.04. The minimum Gasteiger partial charge on any atom is -0.461 e. The Balaban J connectivity index is 1.88. The zero-order valence-corrected chi connectivity index (χ0v) is 13.3. The minimum atomic E-state index is -0.472. The van der Waals surface area contributed by atoms with E-state index in [1.165, 1.54) is 0 Å². The van der Waals surface area contributed by atoms with Crippen LogP contribution in [0.1, 0.15) is 13.8 Å². The Kier molecular flexibility index (Phi) is 4.46. The molecule has 1 N–H and O–H groups in total. The van der Waals surface area contributed by atoms with E-state index >= 15 is 0 Å². The number of hydrogen-bond donors (Lipinski definition) is 1.